The van der Waals surface area contributed by atoms with Crippen LogP contribution in [0.4, 0.5) is 0 Å². The van der Waals surface area contributed by atoms with Gasteiger partial charge in [-0.05, 0) is 27.7 Å². The van der Waals surface area contributed by atoms with Gasteiger partial charge in [0.25, 0.3) is 0 Å². The Labute approximate surface area is 83.1 Å². The Bertz CT molecular complexity index is 318. The van der Waals surface area contributed by atoms with E-state index >= 15 is 0 Å². The van der Waals surface area contributed by atoms with Crippen LogP contribution in [-0.2, 0) is 4.74 Å². The molecule has 0 atom stereocenters. The molecule has 0 amide bonds. The molecule has 5 heteroatoms. The van der Waals surface area contributed by atoms with Gasteiger partial charge in [-0.3, -0.25) is 0 Å². The Hall–Kier alpha value is -1.39. The lowest BCUT2D eigenvalue weighted by Gasteiger charge is -2.05. The van der Waals surface area contributed by atoms with E-state index in [0.29, 0.717) is 0 Å². The minimum absolute atomic E-state index is 0.133. The molecular weight excluding hydrogens is 182 g/mol. The molecular formula is C9H15N3O2. The second-order valence-corrected chi connectivity index (χ2v) is 3.60. The zero-order valence-corrected chi connectivity index (χ0v) is 8.89. The van der Waals surface area contributed by atoms with E-state index in [0.717, 1.165) is 0 Å². The van der Waals surface area contributed by atoms with E-state index in [1.807, 2.05) is 13.8 Å². The maximum atomic E-state index is 11.4. The van der Waals surface area contributed by atoms with Crippen molar-refractivity contribution in [3.8, 4) is 0 Å². The van der Waals surface area contributed by atoms with Crippen LogP contribution in [0, 0.1) is 0 Å². The first-order valence-electron chi connectivity index (χ1n) is 4.63. The van der Waals surface area contributed by atoms with Crippen LogP contribution in [0.2, 0.25) is 0 Å². The van der Waals surface area contributed by atoms with Crippen molar-refractivity contribution in [2.45, 2.75) is 39.8 Å². The zero-order valence-electron chi connectivity index (χ0n) is 8.89. The summed E-state index contributed by atoms with van der Waals surface area (Å²) in [6.07, 6.45) is 1.29. The first-order valence-corrected chi connectivity index (χ1v) is 4.63. The van der Waals surface area contributed by atoms with Crippen LogP contribution in [0.25, 0.3) is 0 Å². The van der Waals surface area contributed by atoms with Gasteiger partial charge in [0, 0.05) is 0 Å². The van der Waals surface area contributed by atoms with Crippen LogP contribution < -0.4 is 0 Å². The Balaban J connectivity index is 2.71. The normalized spacial score (nSPS) is 11.0. The maximum absolute atomic E-state index is 11.4. The summed E-state index contributed by atoms with van der Waals surface area (Å²) in [6.45, 7) is 7.48. The van der Waals surface area contributed by atoms with E-state index in [1.54, 1.807) is 13.8 Å². The molecule has 0 fully saturated rings. The molecule has 0 aliphatic carbocycles. The predicted molar refractivity (Wildman–Crippen MR) is 51.0 cm³/mol. The van der Waals surface area contributed by atoms with E-state index in [2.05, 4.69) is 10.2 Å². The van der Waals surface area contributed by atoms with Crippen molar-refractivity contribution in [3.05, 3.63) is 11.9 Å². The highest BCUT2D eigenvalue weighted by Crippen LogP contribution is 2.03. The lowest BCUT2D eigenvalue weighted by atomic mass is 10.4. The molecule has 0 saturated carbocycles. The van der Waals surface area contributed by atoms with Crippen molar-refractivity contribution in [2.75, 3.05) is 0 Å². The van der Waals surface area contributed by atoms with Gasteiger partial charge >= 0.3 is 5.97 Å². The summed E-state index contributed by atoms with van der Waals surface area (Å²) < 4.78 is 4.97. The molecule has 14 heavy (non-hydrogen) atoms. The van der Waals surface area contributed by atoms with E-state index in [1.165, 1.54) is 11.0 Å². The lowest BCUT2D eigenvalue weighted by molar-refractivity contribution is 0.0369. The predicted octanol–water partition coefficient (Wildman–Crippen LogP) is 1.42. The average molecular weight is 197 g/mol. The van der Waals surface area contributed by atoms with E-state index in [-0.39, 0.29) is 17.8 Å². The molecule has 1 aromatic rings. The van der Waals surface area contributed by atoms with Gasteiger partial charge in [0.15, 0.2) is 5.69 Å². The molecule has 0 aliphatic heterocycles. The van der Waals surface area contributed by atoms with Crippen molar-refractivity contribution in [1.82, 2.24) is 15.0 Å². The van der Waals surface area contributed by atoms with Crippen molar-refractivity contribution in [1.29, 1.82) is 0 Å². The molecule has 1 aromatic heterocycles. The summed E-state index contributed by atoms with van der Waals surface area (Å²) in [5, 5.41) is 7.94. The number of esters is 1. The van der Waals surface area contributed by atoms with E-state index in [9.17, 15) is 4.79 Å². The van der Waals surface area contributed by atoms with Crippen molar-refractivity contribution in [2.24, 2.45) is 0 Å². The van der Waals surface area contributed by atoms with Crippen LogP contribution >= 0.6 is 0 Å². The SMILES string of the molecule is CC(C)OC(=O)c1cnn(C(C)C)n1. The van der Waals surface area contributed by atoms with Crippen LogP contribution in [0.5, 0.6) is 0 Å². The first-order chi connectivity index (χ1) is 6.50. The third kappa shape index (κ3) is 2.55. The third-order valence-electron chi connectivity index (χ3n) is 1.52. The quantitative estimate of drug-likeness (QED) is 0.688. The van der Waals surface area contributed by atoms with Gasteiger partial charge in [-0.2, -0.15) is 9.90 Å². The minimum atomic E-state index is -0.424. The van der Waals surface area contributed by atoms with Crippen LogP contribution in [0.15, 0.2) is 6.20 Å². The Morgan fingerprint density at radius 3 is 2.50 bits per heavy atom. The molecule has 1 heterocycles. The van der Waals surface area contributed by atoms with E-state index in [4.69, 9.17) is 4.74 Å². The highest BCUT2D eigenvalue weighted by Gasteiger charge is 2.14. The Morgan fingerprint density at radius 2 is 2.07 bits per heavy atom. The molecule has 0 radical (unpaired) electrons. The number of ether oxygens (including phenoxy) is 1. The number of nitrogens with zero attached hydrogens (tertiary/aromatic N) is 3. The average Bonchev–Trinajstić information content (AvgIpc) is 2.50. The summed E-state index contributed by atoms with van der Waals surface area (Å²) in [5.41, 5.74) is 0.257. The molecule has 0 bridgehead atoms. The van der Waals surface area contributed by atoms with Crippen LogP contribution in [-0.4, -0.2) is 27.1 Å². The standard InChI is InChI=1S/C9H15N3O2/c1-6(2)12-10-5-8(11-12)9(13)14-7(3)4/h5-7H,1-4H3. The second kappa shape index (κ2) is 4.21. The summed E-state index contributed by atoms with van der Waals surface area (Å²) in [5.74, 6) is -0.424. The number of rotatable bonds is 3. The van der Waals surface area contributed by atoms with Gasteiger partial charge < -0.3 is 4.74 Å². The Kier molecular flexibility index (Phi) is 3.22. The molecule has 5 nitrogen and oxygen atoms in total. The summed E-state index contributed by atoms with van der Waals surface area (Å²) in [4.78, 5) is 12.8. The second-order valence-electron chi connectivity index (χ2n) is 3.60. The van der Waals surface area contributed by atoms with Gasteiger partial charge in [0.1, 0.15) is 0 Å². The highest BCUT2D eigenvalue weighted by atomic mass is 16.5. The topological polar surface area (TPSA) is 57.0 Å². The molecule has 0 spiro atoms. The molecule has 0 unspecified atom stereocenters. The van der Waals surface area contributed by atoms with Gasteiger partial charge in [0.05, 0.1) is 18.3 Å². The fraction of sp³-hybridized carbons (Fsp3) is 0.667. The fourth-order valence-electron chi connectivity index (χ4n) is 0.893. The number of carbonyl (C=O) groups excluding carboxylic acids is 1. The van der Waals surface area contributed by atoms with E-state index < -0.39 is 5.97 Å². The Morgan fingerprint density at radius 1 is 1.43 bits per heavy atom. The number of carbonyl (C=O) groups is 1. The van der Waals surface area contributed by atoms with Crippen molar-refractivity contribution < 1.29 is 9.53 Å². The van der Waals surface area contributed by atoms with Gasteiger partial charge in [-0.25, -0.2) is 4.79 Å². The van der Waals surface area contributed by atoms with Crippen molar-refractivity contribution >= 4 is 5.97 Å². The lowest BCUT2D eigenvalue weighted by Crippen LogP contribution is -2.13. The number of aromatic nitrogens is 3. The smallest absolute Gasteiger partial charge is 0.360 e. The molecule has 0 saturated heterocycles. The summed E-state index contributed by atoms with van der Waals surface area (Å²) >= 11 is 0. The molecule has 1 rings (SSSR count). The maximum Gasteiger partial charge on any atom is 0.360 e. The van der Waals surface area contributed by atoms with Crippen LogP contribution in [0.1, 0.15) is 44.2 Å². The minimum Gasteiger partial charge on any atom is -0.458 e. The number of hydrogen-bond donors (Lipinski definition) is 0. The monoisotopic (exact) mass is 197 g/mol. The van der Waals surface area contributed by atoms with Gasteiger partial charge in [-0.15, -0.1) is 5.10 Å². The molecule has 0 N–H and O–H groups in total. The third-order valence-corrected chi connectivity index (χ3v) is 1.52. The number of hydrogen-bond acceptors (Lipinski definition) is 4. The first kappa shape index (κ1) is 10.7. The van der Waals surface area contributed by atoms with Crippen LogP contribution in [0.3, 0.4) is 0 Å². The largest absolute Gasteiger partial charge is 0.458 e. The molecule has 0 aliphatic rings. The summed E-state index contributed by atoms with van der Waals surface area (Å²) in [7, 11) is 0. The zero-order chi connectivity index (χ0) is 10.7. The molecule has 78 valence electrons. The van der Waals surface area contributed by atoms with Crippen molar-refractivity contribution in [3.63, 3.8) is 0 Å². The van der Waals surface area contributed by atoms with Gasteiger partial charge in [0.2, 0.25) is 0 Å². The fourth-order valence-corrected chi connectivity index (χ4v) is 0.893. The summed E-state index contributed by atoms with van der Waals surface area (Å²) in [6, 6.07) is 0.149. The highest BCUT2D eigenvalue weighted by molar-refractivity contribution is 5.86. The molecule has 0 aromatic carbocycles. The van der Waals surface area contributed by atoms with Gasteiger partial charge in [-0.1, -0.05) is 0 Å².